The van der Waals surface area contributed by atoms with Crippen LogP contribution in [0.3, 0.4) is 0 Å². The van der Waals surface area contributed by atoms with Crippen LogP contribution in [0.15, 0.2) is 126 Å². The van der Waals surface area contributed by atoms with Gasteiger partial charge >= 0.3 is 11.9 Å². The van der Waals surface area contributed by atoms with E-state index in [-0.39, 0.29) is 22.5 Å². The molecule has 1 fully saturated rings. The van der Waals surface area contributed by atoms with Gasteiger partial charge in [0, 0.05) is 22.5 Å². The topological polar surface area (TPSA) is 140 Å². The van der Waals surface area contributed by atoms with E-state index >= 15 is 4.79 Å². The number of nitrogens with zero attached hydrogens (tertiary/aromatic N) is 2. The second kappa shape index (κ2) is 13.6. The molecule has 2 amide bonds. The zero-order valence-corrected chi connectivity index (χ0v) is 27.4. The van der Waals surface area contributed by atoms with Gasteiger partial charge in [-0.25, -0.2) is 4.79 Å². The molecule has 2 aliphatic heterocycles. The standard InChI is InChI=1S/C39H32N2O9/c1-4-49-28-20-16-26(17-21-28)40-32(37(46)48-3)30(33(42)24-12-8-6-9-13-24)39(38(40)47)31(34(43)25-14-10-7-11-15-25)35(44)36(45)41(39)27-18-22-29(23-19-27)50-5-2/h6-23,43H,4-5H2,1-3H3/b34-31-. The number of methoxy groups -OCH3 is 1. The molecule has 0 bridgehead atoms. The van der Waals surface area contributed by atoms with E-state index in [0.29, 0.717) is 24.7 Å². The van der Waals surface area contributed by atoms with E-state index in [1.165, 1.54) is 60.7 Å². The SMILES string of the molecule is CCOc1ccc(N2C(=O)C3(C(C(=O)c4ccccc4)=C2C(=O)OC)/C(=C(\O)c2ccccc2)C(=O)C(=O)N3c2ccc(OCC)cc2)cc1. The molecule has 1 spiro atoms. The number of ketones is 2. The Hall–Kier alpha value is -6.49. The van der Waals surface area contributed by atoms with Crippen molar-refractivity contribution in [3.63, 3.8) is 0 Å². The number of benzene rings is 4. The van der Waals surface area contributed by atoms with Crippen LogP contribution in [0, 0.1) is 0 Å². The Morgan fingerprint density at radius 3 is 1.70 bits per heavy atom. The predicted octanol–water partition coefficient (Wildman–Crippen LogP) is 5.46. The van der Waals surface area contributed by atoms with Crippen LogP contribution in [0.2, 0.25) is 0 Å². The summed E-state index contributed by atoms with van der Waals surface area (Å²) in [4.78, 5) is 74.8. The maximum atomic E-state index is 15.5. The highest BCUT2D eigenvalue weighted by Crippen LogP contribution is 2.53. The third-order valence-electron chi connectivity index (χ3n) is 8.39. The predicted molar refractivity (Wildman–Crippen MR) is 184 cm³/mol. The van der Waals surface area contributed by atoms with E-state index in [4.69, 9.17) is 14.2 Å². The summed E-state index contributed by atoms with van der Waals surface area (Å²) in [5.74, 6) is -5.28. The van der Waals surface area contributed by atoms with E-state index in [2.05, 4.69) is 0 Å². The average Bonchev–Trinajstić information content (AvgIpc) is 3.54. The molecule has 2 heterocycles. The maximum absolute atomic E-state index is 15.5. The van der Waals surface area contributed by atoms with Crippen LogP contribution in [0.5, 0.6) is 11.5 Å². The highest BCUT2D eigenvalue weighted by Gasteiger charge is 2.71. The van der Waals surface area contributed by atoms with Gasteiger partial charge in [0.05, 0.1) is 31.5 Å². The number of aliphatic hydroxyl groups excluding tert-OH is 1. The second-order valence-corrected chi connectivity index (χ2v) is 11.2. The molecule has 11 nitrogen and oxygen atoms in total. The number of aliphatic hydroxyl groups is 1. The number of rotatable bonds is 10. The van der Waals surface area contributed by atoms with Gasteiger partial charge in [-0.05, 0) is 62.4 Å². The molecule has 1 atom stereocenters. The van der Waals surface area contributed by atoms with Crippen LogP contribution < -0.4 is 19.3 Å². The van der Waals surface area contributed by atoms with E-state index in [9.17, 15) is 24.3 Å². The van der Waals surface area contributed by atoms with Crippen LogP contribution in [0.1, 0.15) is 29.8 Å². The fourth-order valence-electron chi connectivity index (χ4n) is 6.32. The molecular weight excluding hydrogens is 640 g/mol. The summed E-state index contributed by atoms with van der Waals surface area (Å²) in [7, 11) is 1.08. The van der Waals surface area contributed by atoms with E-state index < -0.39 is 57.5 Å². The summed E-state index contributed by atoms with van der Waals surface area (Å²) in [5.41, 5.74) is -4.21. The van der Waals surface area contributed by atoms with Gasteiger partial charge in [0.25, 0.3) is 11.7 Å². The first-order valence-corrected chi connectivity index (χ1v) is 15.8. The highest BCUT2D eigenvalue weighted by atomic mass is 16.5. The second-order valence-electron chi connectivity index (χ2n) is 11.2. The molecule has 252 valence electrons. The first-order valence-electron chi connectivity index (χ1n) is 15.8. The number of esters is 1. The Labute approximate surface area is 287 Å². The minimum atomic E-state index is -2.68. The van der Waals surface area contributed by atoms with Gasteiger partial charge in [-0.3, -0.25) is 29.0 Å². The zero-order valence-electron chi connectivity index (χ0n) is 27.4. The number of carbonyl (C=O) groups excluding carboxylic acids is 5. The van der Waals surface area contributed by atoms with E-state index in [1.807, 2.05) is 0 Å². The maximum Gasteiger partial charge on any atom is 0.355 e. The van der Waals surface area contributed by atoms with Crippen molar-refractivity contribution in [3.8, 4) is 11.5 Å². The van der Waals surface area contributed by atoms with Gasteiger partial charge in [0.1, 0.15) is 23.0 Å². The van der Waals surface area contributed by atoms with Crippen LogP contribution >= 0.6 is 0 Å². The number of ether oxygens (including phenoxy) is 3. The smallest absolute Gasteiger partial charge is 0.355 e. The van der Waals surface area contributed by atoms with Crippen molar-refractivity contribution in [3.05, 3.63) is 137 Å². The van der Waals surface area contributed by atoms with Crippen LogP contribution in [-0.4, -0.2) is 60.3 Å². The largest absolute Gasteiger partial charge is 0.507 e. The Balaban J connectivity index is 1.77. The molecule has 1 N–H and O–H groups in total. The Bertz CT molecular complexity index is 2050. The summed E-state index contributed by atoms with van der Waals surface area (Å²) in [6.45, 7) is 4.31. The lowest BCUT2D eigenvalue weighted by Crippen LogP contribution is -2.56. The molecule has 0 aromatic heterocycles. The quantitative estimate of drug-likeness (QED) is 0.0764. The zero-order chi connectivity index (χ0) is 35.6. The van der Waals surface area contributed by atoms with Crippen molar-refractivity contribution in [1.29, 1.82) is 0 Å². The van der Waals surface area contributed by atoms with Crippen LogP contribution in [0.25, 0.3) is 5.76 Å². The molecule has 0 aliphatic carbocycles. The lowest BCUT2D eigenvalue weighted by molar-refractivity contribution is -0.136. The van der Waals surface area contributed by atoms with Crippen molar-refractivity contribution < 1.29 is 43.3 Å². The van der Waals surface area contributed by atoms with Crippen molar-refractivity contribution in [1.82, 2.24) is 0 Å². The van der Waals surface area contributed by atoms with Crippen molar-refractivity contribution >= 4 is 46.5 Å². The number of Topliss-reactive ketones (excluding diaryl/α,β-unsaturated/α-hetero) is 2. The van der Waals surface area contributed by atoms with Crippen molar-refractivity contribution in [2.45, 2.75) is 19.4 Å². The van der Waals surface area contributed by atoms with E-state index in [1.54, 1.807) is 62.4 Å². The fraction of sp³-hybridized carbons (Fsp3) is 0.154. The Morgan fingerprint density at radius 1 is 0.700 bits per heavy atom. The first-order chi connectivity index (χ1) is 24.2. The van der Waals surface area contributed by atoms with E-state index in [0.717, 1.165) is 16.9 Å². The van der Waals surface area contributed by atoms with Crippen LogP contribution in [-0.2, 0) is 23.9 Å². The summed E-state index contributed by atoms with van der Waals surface area (Å²) < 4.78 is 16.3. The molecule has 1 saturated heterocycles. The first kappa shape index (κ1) is 33.4. The summed E-state index contributed by atoms with van der Waals surface area (Å²) >= 11 is 0. The minimum absolute atomic E-state index is 0.0205. The van der Waals surface area contributed by atoms with Crippen LogP contribution in [0.4, 0.5) is 11.4 Å². The molecular formula is C39H32N2O9. The van der Waals surface area contributed by atoms with Gasteiger partial charge in [0.2, 0.25) is 0 Å². The molecule has 6 rings (SSSR count). The van der Waals surface area contributed by atoms with Gasteiger partial charge in [-0.15, -0.1) is 0 Å². The third kappa shape index (κ3) is 5.29. The molecule has 0 radical (unpaired) electrons. The number of carbonyl (C=O) groups is 5. The molecule has 2 aliphatic rings. The highest BCUT2D eigenvalue weighted by molar-refractivity contribution is 6.57. The molecule has 1 unspecified atom stereocenters. The Kier molecular flexibility index (Phi) is 9.06. The number of anilines is 2. The van der Waals surface area contributed by atoms with Gasteiger partial charge in [-0.1, -0.05) is 60.7 Å². The molecule has 4 aromatic rings. The number of hydrogen-bond acceptors (Lipinski definition) is 9. The molecule has 11 heteroatoms. The normalized spacial score (nSPS) is 18.2. The van der Waals surface area contributed by atoms with Crippen molar-refractivity contribution in [2.24, 2.45) is 0 Å². The number of hydrogen-bond donors (Lipinski definition) is 1. The molecule has 4 aromatic carbocycles. The molecule has 50 heavy (non-hydrogen) atoms. The summed E-state index contributed by atoms with van der Waals surface area (Å²) in [5, 5.41) is 12.0. The van der Waals surface area contributed by atoms with Gasteiger partial charge < -0.3 is 19.3 Å². The number of amides is 2. The lowest BCUT2D eigenvalue weighted by atomic mass is 9.77. The third-order valence-corrected chi connectivity index (χ3v) is 8.39. The lowest BCUT2D eigenvalue weighted by Gasteiger charge is -2.35. The fourth-order valence-corrected chi connectivity index (χ4v) is 6.32. The monoisotopic (exact) mass is 672 g/mol. The summed E-state index contributed by atoms with van der Waals surface area (Å²) in [6.07, 6.45) is 0. The summed E-state index contributed by atoms with van der Waals surface area (Å²) in [6, 6.07) is 27.8. The van der Waals surface area contributed by atoms with Crippen molar-refractivity contribution in [2.75, 3.05) is 30.1 Å². The Morgan fingerprint density at radius 2 is 1.20 bits per heavy atom. The minimum Gasteiger partial charge on any atom is -0.507 e. The van der Waals surface area contributed by atoms with Gasteiger partial charge in [-0.2, -0.15) is 0 Å². The molecule has 0 saturated carbocycles. The average molecular weight is 673 g/mol. The van der Waals surface area contributed by atoms with Gasteiger partial charge in [0.15, 0.2) is 11.3 Å².